The number of ether oxygens (including phenoxy) is 6. The van der Waals surface area contributed by atoms with E-state index in [0.29, 0.717) is 6.42 Å². The average molecular weight is 1150 g/mol. The molecular weight excluding hydrogens is 1030 g/mol. The molecule has 0 aromatic rings. The highest BCUT2D eigenvalue weighted by atomic mass is 16.8. The Bertz CT molecular complexity index is 1510. The van der Waals surface area contributed by atoms with Crippen LogP contribution in [0.15, 0.2) is 12.2 Å². The van der Waals surface area contributed by atoms with Crippen LogP contribution < -0.4 is 5.32 Å². The molecule has 0 radical (unpaired) electrons. The first-order valence-electron chi connectivity index (χ1n) is 31.9. The molecule has 3 heterocycles. The molecule has 0 aromatic carbocycles. The predicted molar refractivity (Wildman–Crippen MR) is 305 cm³/mol. The quantitative estimate of drug-likeness (QED) is 0.0227. The molecule has 12 N–H and O–H groups in total. The van der Waals surface area contributed by atoms with E-state index in [4.69, 9.17) is 28.4 Å². The maximum Gasteiger partial charge on any atom is 0.220 e. The molecule has 0 bridgehead atoms. The number of aliphatic hydroxyl groups excluding tert-OH is 11. The van der Waals surface area contributed by atoms with Crippen LogP contribution in [0.5, 0.6) is 0 Å². The number of unbranched alkanes of at least 4 members (excludes halogenated alkanes) is 32. The van der Waals surface area contributed by atoms with Crippen molar-refractivity contribution < 1.29 is 89.4 Å². The Morgan fingerprint density at radius 1 is 0.438 bits per heavy atom. The molecule has 0 spiro atoms. The van der Waals surface area contributed by atoms with Crippen molar-refractivity contribution >= 4 is 5.91 Å². The second-order valence-corrected chi connectivity index (χ2v) is 23.2. The fourth-order valence-electron chi connectivity index (χ4n) is 11.1. The minimum absolute atomic E-state index is 0.249. The second-order valence-electron chi connectivity index (χ2n) is 23.2. The number of carbonyl (C=O) groups is 1. The van der Waals surface area contributed by atoms with Crippen LogP contribution in [0.25, 0.3) is 0 Å². The Morgan fingerprint density at radius 2 is 0.775 bits per heavy atom. The molecule has 3 saturated heterocycles. The van der Waals surface area contributed by atoms with Crippen molar-refractivity contribution in [3.05, 3.63) is 12.2 Å². The highest BCUT2D eigenvalue weighted by molar-refractivity contribution is 5.76. The molecule has 0 aliphatic carbocycles. The van der Waals surface area contributed by atoms with Gasteiger partial charge < -0.3 is 89.9 Å². The Kier molecular flexibility index (Phi) is 40.9. The van der Waals surface area contributed by atoms with Gasteiger partial charge in [-0.3, -0.25) is 4.79 Å². The van der Waals surface area contributed by atoms with Gasteiger partial charge in [0.05, 0.1) is 38.6 Å². The first-order chi connectivity index (χ1) is 38.8. The van der Waals surface area contributed by atoms with E-state index < -0.39 is 124 Å². The zero-order valence-electron chi connectivity index (χ0n) is 49.3. The fraction of sp³-hybridized carbons (Fsp3) is 0.951. The number of aliphatic hydroxyl groups is 11. The summed E-state index contributed by atoms with van der Waals surface area (Å²) in [7, 11) is 0. The van der Waals surface area contributed by atoms with Crippen LogP contribution in [0.3, 0.4) is 0 Å². The first kappa shape index (κ1) is 72.8. The normalized spacial score (nSPS) is 30.0. The first-order valence-corrected chi connectivity index (χ1v) is 31.9. The fourth-order valence-corrected chi connectivity index (χ4v) is 11.1. The van der Waals surface area contributed by atoms with Crippen LogP contribution in [0.1, 0.15) is 239 Å². The predicted octanol–water partition coefficient (Wildman–Crippen LogP) is 6.55. The summed E-state index contributed by atoms with van der Waals surface area (Å²) in [5.74, 6) is -0.274. The summed E-state index contributed by atoms with van der Waals surface area (Å²) in [5.41, 5.74) is 0. The van der Waals surface area contributed by atoms with Crippen LogP contribution in [0, 0.1) is 0 Å². The van der Waals surface area contributed by atoms with Gasteiger partial charge in [-0.25, -0.2) is 0 Å². The van der Waals surface area contributed by atoms with E-state index in [1.807, 2.05) is 6.08 Å². The van der Waals surface area contributed by atoms with Crippen LogP contribution >= 0.6 is 0 Å². The number of hydrogen-bond donors (Lipinski definition) is 12. The number of carbonyl (C=O) groups excluding carboxylic acids is 1. The van der Waals surface area contributed by atoms with Gasteiger partial charge in [-0.1, -0.05) is 225 Å². The largest absolute Gasteiger partial charge is 0.394 e. The SMILES string of the molecule is CCCCCCCCC/C=C/C(O)C(COC1OC(CO)C(OC2OC(CO)C(OC3OC(CO)C(O)C(O)C3O)C(O)C2O)C(O)C1O)NC(=O)CCCCCCCCCCCCCCCCCCCCCCCCCCCC. The molecule has 3 aliphatic heterocycles. The lowest BCUT2D eigenvalue weighted by atomic mass is 9.96. The Balaban J connectivity index is 1.39. The number of rotatable bonds is 48. The number of allylic oxidation sites excluding steroid dienone is 1. The van der Waals surface area contributed by atoms with Crippen molar-refractivity contribution in [3.63, 3.8) is 0 Å². The standard InChI is InChI=1S/C61H115NO18/c1-3-5-7-9-11-13-14-15-16-17-18-19-20-21-22-23-24-25-26-27-28-29-31-33-35-37-39-49(67)62-44(45(66)38-36-34-32-30-12-10-8-6-4-2)43-75-59-55(73)52(70)57(47(41-64)77-59)80-61-56(74)53(71)58(48(42-65)78-61)79-60-54(72)51(69)50(68)46(40-63)76-60/h36,38,44-48,50-61,63-66,68-74H,3-35,37,39-43H2,1-2H3,(H,62,67)/b38-36+. The van der Waals surface area contributed by atoms with Gasteiger partial charge in [0.25, 0.3) is 0 Å². The lowest BCUT2D eigenvalue weighted by Crippen LogP contribution is -2.66. The van der Waals surface area contributed by atoms with E-state index in [2.05, 4.69) is 19.2 Å². The number of amides is 1. The topological polar surface area (TPSA) is 307 Å². The summed E-state index contributed by atoms with van der Waals surface area (Å²) in [5, 5.41) is 120. The molecule has 3 fully saturated rings. The lowest BCUT2D eigenvalue weighted by Gasteiger charge is -2.48. The van der Waals surface area contributed by atoms with E-state index in [9.17, 15) is 61.0 Å². The summed E-state index contributed by atoms with van der Waals surface area (Å²) >= 11 is 0. The van der Waals surface area contributed by atoms with E-state index in [-0.39, 0.29) is 18.9 Å². The summed E-state index contributed by atoms with van der Waals surface area (Å²) < 4.78 is 34.2. The minimum atomic E-state index is -1.97. The smallest absolute Gasteiger partial charge is 0.220 e. The summed E-state index contributed by atoms with van der Waals surface area (Å²) in [6, 6.07) is -0.966. The van der Waals surface area contributed by atoms with E-state index in [1.54, 1.807) is 6.08 Å². The Morgan fingerprint density at radius 3 is 1.18 bits per heavy atom. The van der Waals surface area contributed by atoms with Crippen LogP contribution in [0.4, 0.5) is 0 Å². The van der Waals surface area contributed by atoms with Gasteiger partial charge in [-0.2, -0.15) is 0 Å². The monoisotopic (exact) mass is 1150 g/mol. The van der Waals surface area contributed by atoms with Crippen LogP contribution in [0.2, 0.25) is 0 Å². The molecule has 3 rings (SSSR count). The van der Waals surface area contributed by atoms with Gasteiger partial charge in [-0.05, 0) is 19.3 Å². The molecule has 17 atom stereocenters. The van der Waals surface area contributed by atoms with E-state index >= 15 is 0 Å². The molecule has 0 saturated carbocycles. The zero-order chi connectivity index (χ0) is 58.3. The van der Waals surface area contributed by atoms with Crippen molar-refractivity contribution in [2.45, 2.75) is 343 Å². The van der Waals surface area contributed by atoms with Crippen molar-refractivity contribution in [1.29, 1.82) is 0 Å². The van der Waals surface area contributed by atoms with Crippen molar-refractivity contribution in [2.75, 3.05) is 26.4 Å². The molecule has 0 aromatic heterocycles. The van der Waals surface area contributed by atoms with E-state index in [0.717, 1.165) is 44.9 Å². The third kappa shape index (κ3) is 28.2. The molecule has 472 valence electrons. The zero-order valence-corrected chi connectivity index (χ0v) is 49.3. The summed E-state index contributed by atoms with van der Waals surface area (Å²) in [6.45, 7) is 1.70. The number of hydrogen-bond acceptors (Lipinski definition) is 18. The van der Waals surface area contributed by atoms with Crippen molar-refractivity contribution in [1.82, 2.24) is 5.32 Å². The van der Waals surface area contributed by atoms with Gasteiger partial charge in [0.2, 0.25) is 5.91 Å². The molecule has 3 aliphatic rings. The molecule has 17 unspecified atom stereocenters. The lowest BCUT2D eigenvalue weighted by molar-refractivity contribution is -0.379. The Labute approximate surface area is 480 Å². The summed E-state index contributed by atoms with van der Waals surface area (Å²) in [4.78, 5) is 13.3. The summed E-state index contributed by atoms with van der Waals surface area (Å²) in [6.07, 6.45) is 19.5. The van der Waals surface area contributed by atoms with Crippen LogP contribution in [-0.4, -0.2) is 193 Å². The van der Waals surface area contributed by atoms with Crippen LogP contribution in [-0.2, 0) is 33.2 Å². The highest BCUT2D eigenvalue weighted by Crippen LogP contribution is 2.33. The van der Waals surface area contributed by atoms with Gasteiger partial charge in [0, 0.05) is 6.42 Å². The molecule has 1 amide bonds. The van der Waals surface area contributed by atoms with Gasteiger partial charge in [0.1, 0.15) is 73.2 Å². The average Bonchev–Trinajstić information content (AvgIpc) is 3.55. The van der Waals surface area contributed by atoms with Gasteiger partial charge >= 0.3 is 0 Å². The van der Waals surface area contributed by atoms with Gasteiger partial charge in [-0.15, -0.1) is 0 Å². The molecular formula is C61H115NO18. The maximum absolute atomic E-state index is 13.3. The molecule has 80 heavy (non-hydrogen) atoms. The maximum atomic E-state index is 13.3. The molecule has 19 nitrogen and oxygen atoms in total. The van der Waals surface area contributed by atoms with Gasteiger partial charge in [0.15, 0.2) is 18.9 Å². The number of nitrogens with one attached hydrogen (secondary N) is 1. The van der Waals surface area contributed by atoms with Crippen molar-refractivity contribution in [3.8, 4) is 0 Å². The molecule has 19 heteroatoms. The third-order valence-corrected chi connectivity index (χ3v) is 16.3. The van der Waals surface area contributed by atoms with E-state index in [1.165, 1.54) is 167 Å². The second kappa shape index (κ2) is 44.9. The Hall–Kier alpha value is -1.47. The third-order valence-electron chi connectivity index (χ3n) is 16.3. The highest BCUT2D eigenvalue weighted by Gasteiger charge is 2.53. The van der Waals surface area contributed by atoms with Crippen molar-refractivity contribution in [2.24, 2.45) is 0 Å². The minimum Gasteiger partial charge on any atom is -0.394 e.